The number of ether oxygens (including phenoxy) is 1. The van der Waals surface area contributed by atoms with Crippen LogP contribution < -0.4 is 4.74 Å². The van der Waals surface area contributed by atoms with E-state index < -0.39 is 5.82 Å². The molecular formula is C19H18FN3O2. The Morgan fingerprint density at radius 2 is 1.88 bits per heavy atom. The van der Waals surface area contributed by atoms with Crippen LogP contribution in [0.4, 0.5) is 4.39 Å². The molecule has 3 rings (SSSR count). The van der Waals surface area contributed by atoms with Crippen molar-refractivity contribution in [1.29, 1.82) is 0 Å². The summed E-state index contributed by atoms with van der Waals surface area (Å²) in [6.07, 6.45) is 3.59. The van der Waals surface area contributed by atoms with Crippen molar-refractivity contribution in [2.24, 2.45) is 0 Å². The van der Waals surface area contributed by atoms with Crippen LogP contribution >= 0.6 is 0 Å². The first-order valence-corrected chi connectivity index (χ1v) is 7.84. The number of halogens is 1. The zero-order chi connectivity index (χ0) is 17.6. The molecule has 0 saturated carbocycles. The topological polar surface area (TPSA) is 47.4 Å². The number of aromatic nitrogens is 2. The van der Waals surface area contributed by atoms with E-state index in [1.165, 1.54) is 17.0 Å². The van der Waals surface area contributed by atoms with Gasteiger partial charge in [-0.2, -0.15) is 5.10 Å². The van der Waals surface area contributed by atoms with Crippen molar-refractivity contribution in [1.82, 2.24) is 14.7 Å². The van der Waals surface area contributed by atoms with E-state index in [0.29, 0.717) is 6.54 Å². The van der Waals surface area contributed by atoms with Crippen LogP contribution in [-0.4, -0.2) is 34.2 Å². The zero-order valence-corrected chi connectivity index (χ0v) is 13.8. The Bertz CT molecular complexity index is 849. The maximum Gasteiger partial charge on any atom is 0.260 e. The third kappa shape index (κ3) is 4.23. The summed E-state index contributed by atoms with van der Waals surface area (Å²) in [7, 11) is 1.67. The van der Waals surface area contributed by atoms with Crippen LogP contribution in [0.1, 0.15) is 5.56 Å². The molecule has 0 aliphatic heterocycles. The maximum atomic E-state index is 13.5. The van der Waals surface area contributed by atoms with Gasteiger partial charge in [-0.1, -0.05) is 30.3 Å². The Morgan fingerprint density at radius 3 is 2.64 bits per heavy atom. The fourth-order valence-corrected chi connectivity index (χ4v) is 2.34. The Hall–Kier alpha value is -3.15. The minimum absolute atomic E-state index is 0.0705. The molecule has 0 N–H and O–H groups in total. The molecule has 2 aromatic carbocycles. The average Bonchev–Trinajstić information content (AvgIpc) is 3.10. The lowest BCUT2D eigenvalue weighted by Crippen LogP contribution is -2.30. The smallest absolute Gasteiger partial charge is 0.260 e. The number of benzene rings is 2. The van der Waals surface area contributed by atoms with Crippen molar-refractivity contribution < 1.29 is 13.9 Å². The second-order valence-electron chi connectivity index (χ2n) is 5.60. The Morgan fingerprint density at radius 1 is 1.16 bits per heavy atom. The van der Waals surface area contributed by atoms with Crippen molar-refractivity contribution >= 4 is 5.91 Å². The predicted octanol–water partition coefficient (Wildman–Crippen LogP) is 3.05. The van der Waals surface area contributed by atoms with Gasteiger partial charge in [-0.15, -0.1) is 0 Å². The fourth-order valence-electron chi connectivity index (χ4n) is 2.34. The molecule has 128 valence electrons. The number of carbonyl (C=O) groups excluding carboxylic acids is 1. The molecular weight excluding hydrogens is 321 g/mol. The van der Waals surface area contributed by atoms with Crippen molar-refractivity contribution in [3.8, 4) is 11.4 Å². The third-order valence-corrected chi connectivity index (χ3v) is 3.69. The highest BCUT2D eigenvalue weighted by atomic mass is 19.1. The van der Waals surface area contributed by atoms with E-state index >= 15 is 0 Å². The summed E-state index contributed by atoms with van der Waals surface area (Å²) in [5.41, 5.74) is 1.84. The van der Waals surface area contributed by atoms with Crippen molar-refractivity contribution in [2.45, 2.75) is 6.54 Å². The summed E-state index contributed by atoms with van der Waals surface area (Å²) in [6.45, 7) is 0.177. The third-order valence-electron chi connectivity index (χ3n) is 3.69. The van der Waals surface area contributed by atoms with Crippen LogP contribution in [0, 0.1) is 5.82 Å². The van der Waals surface area contributed by atoms with E-state index in [0.717, 1.165) is 11.3 Å². The van der Waals surface area contributed by atoms with Gasteiger partial charge in [0.2, 0.25) is 0 Å². The lowest BCUT2D eigenvalue weighted by atomic mass is 10.3. The van der Waals surface area contributed by atoms with Gasteiger partial charge in [0, 0.05) is 25.4 Å². The lowest BCUT2D eigenvalue weighted by molar-refractivity contribution is -0.132. The first-order valence-electron chi connectivity index (χ1n) is 7.84. The van der Waals surface area contributed by atoms with Gasteiger partial charge >= 0.3 is 0 Å². The average molecular weight is 339 g/mol. The number of carbonyl (C=O) groups is 1. The number of rotatable bonds is 6. The monoisotopic (exact) mass is 339 g/mol. The Labute approximate surface area is 145 Å². The fraction of sp³-hybridized carbons (Fsp3) is 0.158. The molecule has 0 saturated heterocycles. The molecule has 5 nitrogen and oxygen atoms in total. The molecule has 25 heavy (non-hydrogen) atoms. The summed E-state index contributed by atoms with van der Waals surface area (Å²) < 4.78 is 20.5. The molecule has 0 atom stereocenters. The van der Waals surface area contributed by atoms with Gasteiger partial charge in [0.15, 0.2) is 18.2 Å². The van der Waals surface area contributed by atoms with Gasteiger partial charge in [-0.05, 0) is 24.3 Å². The van der Waals surface area contributed by atoms with Gasteiger partial charge < -0.3 is 9.64 Å². The van der Waals surface area contributed by atoms with E-state index in [-0.39, 0.29) is 18.3 Å². The standard InChI is InChI=1S/C19H18FN3O2/c1-22(19(24)14-25-18-10-6-5-9-17(18)20)12-15-11-21-23(13-15)16-7-3-2-4-8-16/h2-11,13H,12,14H2,1H3. The molecule has 1 amide bonds. The molecule has 1 aromatic heterocycles. The van der Waals surface area contributed by atoms with E-state index in [4.69, 9.17) is 4.74 Å². The molecule has 1 heterocycles. The summed E-state index contributed by atoms with van der Waals surface area (Å²) in [4.78, 5) is 13.7. The van der Waals surface area contributed by atoms with Crippen LogP contribution in [0.5, 0.6) is 5.75 Å². The molecule has 0 fully saturated rings. The lowest BCUT2D eigenvalue weighted by Gasteiger charge is -2.16. The minimum Gasteiger partial charge on any atom is -0.481 e. The van der Waals surface area contributed by atoms with E-state index in [2.05, 4.69) is 5.10 Å². The zero-order valence-electron chi connectivity index (χ0n) is 13.8. The first kappa shape index (κ1) is 16.7. The van der Waals surface area contributed by atoms with E-state index in [1.807, 2.05) is 36.5 Å². The van der Waals surface area contributed by atoms with E-state index in [9.17, 15) is 9.18 Å². The predicted molar refractivity (Wildman–Crippen MR) is 91.9 cm³/mol. The van der Waals surface area contributed by atoms with Crippen LogP contribution in [0.3, 0.4) is 0 Å². The van der Waals surface area contributed by atoms with Crippen molar-refractivity contribution in [2.75, 3.05) is 13.7 Å². The summed E-state index contributed by atoms with van der Waals surface area (Å²) >= 11 is 0. The second-order valence-corrected chi connectivity index (χ2v) is 5.60. The molecule has 0 bridgehead atoms. The van der Waals surface area contributed by atoms with Gasteiger partial charge in [0.25, 0.3) is 5.91 Å². The van der Waals surface area contributed by atoms with Crippen LogP contribution in [-0.2, 0) is 11.3 Å². The molecule has 0 spiro atoms. The van der Waals surface area contributed by atoms with Gasteiger partial charge in [-0.3, -0.25) is 4.79 Å². The SMILES string of the molecule is CN(Cc1cnn(-c2ccccc2)c1)C(=O)COc1ccccc1F. The highest BCUT2D eigenvalue weighted by Gasteiger charge is 2.13. The quantitative estimate of drug-likeness (QED) is 0.693. The number of para-hydroxylation sites is 2. The molecule has 0 radical (unpaired) electrons. The molecule has 6 heteroatoms. The number of likely N-dealkylation sites (N-methyl/N-ethyl adjacent to an activating group) is 1. The Balaban J connectivity index is 1.57. The number of nitrogens with zero attached hydrogens (tertiary/aromatic N) is 3. The van der Waals surface area contributed by atoms with Gasteiger partial charge in [0.05, 0.1) is 11.9 Å². The highest BCUT2D eigenvalue weighted by molar-refractivity contribution is 5.77. The number of amides is 1. The van der Waals surface area contributed by atoms with Gasteiger partial charge in [-0.25, -0.2) is 9.07 Å². The highest BCUT2D eigenvalue weighted by Crippen LogP contribution is 2.15. The molecule has 3 aromatic rings. The molecule has 0 aliphatic carbocycles. The van der Waals surface area contributed by atoms with Crippen LogP contribution in [0.25, 0.3) is 5.69 Å². The van der Waals surface area contributed by atoms with Crippen LogP contribution in [0.2, 0.25) is 0 Å². The van der Waals surface area contributed by atoms with Crippen LogP contribution in [0.15, 0.2) is 67.0 Å². The minimum atomic E-state index is -0.484. The van der Waals surface area contributed by atoms with Crippen molar-refractivity contribution in [3.63, 3.8) is 0 Å². The maximum absolute atomic E-state index is 13.5. The molecule has 0 unspecified atom stereocenters. The Kier molecular flexibility index (Phi) is 5.09. The normalized spacial score (nSPS) is 10.5. The van der Waals surface area contributed by atoms with E-state index in [1.54, 1.807) is 30.1 Å². The van der Waals surface area contributed by atoms with Crippen molar-refractivity contribution in [3.05, 3.63) is 78.4 Å². The first-order chi connectivity index (χ1) is 12.1. The second kappa shape index (κ2) is 7.61. The summed E-state index contributed by atoms with van der Waals surface area (Å²) in [5, 5.41) is 4.30. The number of hydrogen-bond donors (Lipinski definition) is 0. The largest absolute Gasteiger partial charge is 0.481 e. The number of hydrogen-bond acceptors (Lipinski definition) is 3. The molecule has 0 aliphatic rings. The van der Waals surface area contributed by atoms with Gasteiger partial charge in [0.1, 0.15) is 0 Å². The summed E-state index contributed by atoms with van der Waals surface area (Å²) in [5.74, 6) is -0.654. The summed E-state index contributed by atoms with van der Waals surface area (Å²) in [6, 6.07) is 15.7.